The summed E-state index contributed by atoms with van der Waals surface area (Å²) in [7, 11) is 1.58. The van der Waals surface area contributed by atoms with E-state index in [1.165, 1.54) is 18.3 Å². The Kier molecular flexibility index (Phi) is 5.52. The molecule has 0 aromatic heterocycles. The number of anilines is 1. The van der Waals surface area contributed by atoms with Crippen LogP contribution in [-0.4, -0.2) is 31.2 Å². The molecule has 0 aliphatic carbocycles. The molecule has 0 radical (unpaired) electrons. The maximum absolute atomic E-state index is 12.7. The van der Waals surface area contributed by atoms with Crippen molar-refractivity contribution in [3.63, 3.8) is 0 Å². The first-order valence-electron chi connectivity index (χ1n) is 8.07. The second kappa shape index (κ2) is 8.01. The van der Waals surface area contributed by atoms with Crippen LogP contribution in [0.1, 0.15) is 5.56 Å². The lowest BCUT2D eigenvalue weighted by Crippen LogP contribution is -2.58. The molecule has 138 valence electrons. The first-order chi connectivity index (χ1) is 13.0. The third kappa shape index (κ3) is 4.15. The molecule has 27 heavy (non-hydrogen) atoms. The Balaban J connectivity index is 1.75. The van der Waals surface area contributed by atoms with Crippen molar-refractivity contribution in [1.29, 1.82) is 0 Å². The second-order valence-corrected chi connectivity index (χ2v) is 6.20. The summed E-state index contributed by atoms with van der Waals surface area (Å²) in [6.07, 6.45) is 1.26. The van der Waals surface area contributed by atoms with E-state index in [0.717, 1.165) is 16.2 Å². The molecule has 2 aromatic rings. The first-order valence-corrected chi connectivity index (χ1v) is 8.44. The van der Waals surface area contributed by atoms with Gasteiger partial charge in [0.05, 0.1) is 19.3 Å². The van der Waals surface area contributed by atoms with Crippen molar-refractivity contribution in [2.75, 3.05) is 12.0 Å². The normalized spacial score (nSPS) is 17.3. The molecule has 7 nitrogen and oxygen atoms in total. The number of halogens is 1. The number of hydrogen-bond donors (Lipinski definition) is 1. The summed E-state index contributed by atoms with van der Waals surface area (Å²) in [5.41, 5.74) is 1.21. The summed E-state index contributed by atoms with van der Waals surface area (Å²) >= 11 is 5.83. The van der Waals surface area contributed by atoms with Crippen LogP contribution in [0.2, 0.25) is 5.02 Å². The number of imide groups is 2. The quantitative estimate of drug-likeness (QED) is 0.633. The number of amides is 4. The molecule has 1 atom stereocenters. The molecule has 0 bridgehead atoms. The van der Waals surface area contributed by atoms with E-state index in [-0.39, 0.29) is 6.54 Å². The molecule has 1 unspecified atom stereocenters. The highest BCUT2D eigenvalue weighted by Gasteiger charge is 2.40. The van der Waals surface area contributed by atoms with Crippen LogP contribution < -0.4 is 15.0 Å². The first kappa shape index (κ1) is 18.6. The molecule has 1 heterocycles. The second-order valence-electron chi connectivity index (χ2n) is 5.76. The molecule has 2 aromatic carbocycles. The average Bonchev–Trinajstić information content (AvgIpc) is 2.66. The number of aliphatic imine (C=N–C) groups is 1. The Bertz CT molecular complexity index is 894. The van der Waals surface area contributed by atoms with E-state index < -0.39 is 23.8 Å². The summed E-state index contributed by atoms with van der Waals surface area (Å²) in [5.74, 6) is -1.82. The lowest BCUT2D eigenvalue weighted by Gasteiger charge is -2.28. The van der Waals surface area contributed by atoms with E-state index in [2.05, 4.69) is 10.3 Å². The van der Waals surface area contributed by atoms with Crippen molar-refractivity contribution < 1.29 is 19.1 Å². The topological polar surface area (TPSA) is 88.1 Å². The Morgan fingerprint density at radius 3 is 2.41 bits per heavy atom. The van der Waals surface area contributed by atoms with Gasteiger partial charge in [0, 0.05) is 11.2 Å². The van der Waals surface area contributed by atoms with Crippen LogP contribution >= 0.6 is 11.6 Å². The number of nitrogens with one attached hydrogen (secondary N) is 1. The SMILES string of the molecule is COc1ccc(CN=CC2C(=O)NC(=O)N(c3ccc(Cl)cc3)C2=O)cc1. The van der Waals surface area contributed by atoms with E-state index >= 15 is 0 Å². The molecule has 8 heteroatoms. The predicted molar refractivity (Wildman–Crippen MR) is 101 cm³/mol. The van der Waals surface area contributed by atoms with Gasteiger partial charge in [-0.3, -0.25) is 19.9 Å². The van der Waals surface area contributed by atoms with Gasteiger partial charge in [-0.2, -0.15) is 0 Å². The van der Waals surface area contributed by atoms with Gasteiger partial charge in [-0.05, 0) is 42.0 Å². The molecule has 1 saturated heterocycles. The minimum absolute atomic E-state index is 0.288. The molecular formula is C19H16ClN3O4. The van der Waals surface area contributed by atoms with Crippen LogP contribution in [0.3, 0.4) is 0 Å². The van der Waals surface area contributed by atoms with Gasteiger partial charge >= 0.3 is 6.03 Å². The summed E-state index contributed by atoms with van der Waals surface area (Å²) in [4.78, 5) is 41.9. The fraction of sp³-hybridized carbons (Fsp3) is 0.158. The fourth-order valence-corrected chi connectivity index (χ4v) is 2.68. The summed E-state index contributed by atoms with van der Waals surface area (Å²) in [5, 5.41) is 2.64. The van der Waals surface area contributed by atoms with Gasteiger partial charge in [0.1, 0.15) is 5.75 Å². The number of ether oxygens (including phenoxy) is 1. The van der Waals surface area contributed by atoms with Crippen LogP contribution in [0.5, 0.6) is 5.75 Å². The van der Waals surface area contributed by atoms with Gasteiger partial charge in [-0.25, -0.2) is 9.69 Å². The maximum Gasteiger partial charge on any atom is 0.335 e. The molecule has 1 fully saturated rings. The van der Waals surface area contributed by atoms with E-state index in [9.17, 15) is 14.4 Å². The van der Waals surface area contributed by atoms with Crippen molar-refractivity contribution in [3.8, 4) is 5.75 Å². The maximum atomic E-state index is 12.7. The minimum Gasteiger partial charge on any atom is -0.497 e. The average molecular weight is 386 g/mol. The fourth-order valence-electron chi connectivity index (χ4n) is 2.55. The predicted octanol–water partition coefficient (Wildman–Crippen LogP) is 2.82. The highest BCUT2D eigenvalue weighted by molar-refractivity contribution is 6.33. The lowest BCUT2D eigenvalue weighted by molar-refractivity contribution is -0.131. The van der Waals surface area contributed by atoms with Crippen molar-refractivity contribution in [1.82, 2.24) is 5.32 Å². The number of benzene rings is 2. The molecule has 0 saturated carbocycles. The summed E-state index contributed by atoms with van der Waals surface area (Å²) in [6, 6.07) is 12.6. The monoisotopic (exact) mass is 385 g/mol. The molecule has 4 amide bonds. The van der Waals surface area contributed by atoms with Gasteiger partial charge < -0.3 is 4.74 Å². The number of barbiturate groups is 1. The lowest BCUT2D eigenvalue weighted by atomic mass is 10.1. The third-order valence-electron chi connectivity index (χ3n) is 3.97. The molecule has 1 aliphatic rings. The van der Waals surface area contributed by atoms with Crippen molar-refractivity contribution >= 4 is 41.3 Å². The Morgan fingerprint density at radius 2 is 1.78 bits per heavy atom. The Morgan fingerprint density at radius 1 is 1.11 bits per heavy atom. The van der Waals surface area contributed by atoms with Crippen molar-refractivity contribution in [3.05, 3.63) is 59.1 Å². The van der Waals surface area contributed by atoms with Crippen LogP contribution in [0.15, 0.2) is 53.5 Å². The van der Waals surface area contributed by atoms with E-state index in [4.69, 9.17) is 16.3 Å². The largest absolute Gasteiger partial charge is 0.497 e. The number of rotatable bonds is 5. The van der Waals surface area contributed by atoms with Crippen LogP contribution in [0, 0.1) is 5.92 Å². The standard InChI is InChI=1S/C19H16ClN3O4/c1-27-15-8-2-12(3-9-15)10-21-11-16-17(24)22-19(26)23(18(16)25)14-6-4-13(20)5-7-14/h2-9,11,16H,10H2,1H3,(H,22,24,26). The van der Waals surface area contributed by atoms with Gasteiger partial charge in [-0.15, -0.1) is 0 Å². The summed E-state index contributed by atoms with van der Waals surface area (Å²) in [6.45, 7) is 0.288. The highest BCUT2D eigenvalue weighted by atomic mass is 35.5. The van der Waals surface area contributed by atoms with Crippen molar-refractivity contribution in [2.45, 2.75) is 6.54 Å². The van der Waals surface area contributed by atoms with E-state index in [0.29, 0.717) is 10.7 Å². The van der Waals surface area contributed by atoms with Gasteiger partial charge in [0.15, 0.2) is 5.92 Å². The number of hydrogen-bond acceptors (Lipinski definition) is 5. The van der Waals surface area contributed by atoms with E-state index in [1.807, 2.05) is 12.1 Å². The number of carbonyl (C=O) groups is 3. The Labute approximate surface area is 160 Å². The zero-order valence-corrected chi connectivity index (χ0v) is 15.1. The van der Waals surface area contributed by atoms with Crippen molar-refractivity contribution in [2.24, 2.45) is 10.9 Å². The number of urea groups is 1. The van der Waals surface area contributed by atoms with E-state index in [1.54, 1.807) is 31.4 Å². The van der Waals surface area contributed by atoms with Crippen LogP contribution in [0.4, 0.5) is 10.5 Å². The molecule has 1 aliphatic heterocycles. The van der Waals surface area contributed by atoms with Gasteiger partial charge in [-0.1, -0.05) is 23.7 Å². The molecule has 1 N–H and O–H groups in total. The van der Waals surface area contributed by atoms with Gasteiger partial charge in [0.25, 0.3) is 5.91 Å². The van der Waals surface area contributed by atoms with Crippen LogP contribution in [0.25, 0.3) is 0 Å². The molecule has 0 spiro atoms. The molecular weight excluding hydrogens is 370 g/mol. The number of carbonyl (C=O) groups excluding carboxylic acids is 3. The third-order valence-corrected chi connectivity index (χ3v) is 4.23. The Hall–Kier alpha value is -3.19. The smallest absolute Gasteiger partial charge is 0.335 e. The zero-order valence-electron chi connectivity index (χ0n) is 14.4. The van der Waals surface area contributed by atoms with Gasteiger partial charge in [0.2, 0.25) is 5.91 Å². The zero-order chi connectivity index (χ0) is 19.4. The number of methoxy groups -OCH3 is 1. The number of nitrogens with zero attached hydrogens (tertiary/aromatic N) is 2. The molecule has 3 rings (SSSR count). The van der Waals surface area contributed by atoms with Crippen LogP contribution in [-0.2, 0) is 16.1 Å². The minimum atomic E-state index is -1.18. The highest BCUT2D eigenvalue weighted by Crippen LogP contribution is 2.22. The summed E-state index contributed by atoms with van der Waals surface area (Å²) < 4.78 is 5.09.